The molecule has 0 unspecified atom stereocenters. The highest BCUT2D eigenvalue weighted by Crippen LogP contribution is 2.22. The Hall–Kier alpha value is -4.11. The van der Waals surface area contributed by atoms with Crippen LogP contribution in [-0.4, -0.2) is 89.8 Å². The monoisotopic (exact) mass is 608 g/mol. The molecule has 2 atom stereocenters. The number of rotatable bonds is 23. The van der Waals surface area contributed by atoms with Crippen molar-refractivity contribution in [3.05, 3.63) is 23.8 Å². The van der Waals surface area contributed by atoms with E-state index in [9.17, 15) is 34.5 Å². The lowest BCUT2D eigenvalue weighted by Gasteiger charge is -2.15. The van der Waals surface area contributed by atoms with E-state index in [0.717, 1.165) is 64.1 Å². The summed E-state index contributed by atoms with van der Waals surface area (Å²) in [6.07, 6.45) is 7.71. The first kappa shape index (κ1) is 36.9. The molecular formula is C28H48N8O7. The molecule has 15 heteroatoms. The van der Waals surface area contributed by atoms with Crippen molar-refractivity contribution < 1.29 is 34.5 Å². The van der Waals surface area contributed by atoms with Crippen molar-refractivity contribution in [2.75, 3.05) is 32.7 Å². The van der Waals surface area contributed by atoms with Crippen LogP contribution >= 0.6 is 0 Å². The zero-order valence-electron chi connectivity index (χ0n) is 24.6. The fourth-order valence-corrected chi connectivity index (χ4v) is 4.03. The second-order valence-corrected chi connectivity index (χ2v) is 10.2. The van der Waals surface area contributed by atoms with E-state index >= 15 is 0 Å². The van der Waals surface area contributed by atoms with Gasteiger partial charge in [0.15, 0.2) is 5.96 Å². The quantitative estimate of drug-likeness (QED) is 0.0316. The summed E-state index contributed by atoms with van der Waals surface area (Å²) < 4.78 is 0. The Morgan fingerprint density at radius 1 is 0.814 bits per heavy atom. The van der Waals surface area contributed by atoms with Crippen molar-refractivity contribution in [2.45, 2.75) is 76.3 Å². The first-order valence-electron chi connectivity index (χ1n) is 14.6. The van der Waals surface area contributed by atoms with Crippen LogP contribution < -0.4 is 38.5 Å². The lowest BCUT2D eigenvalue weighted by atomic mass is 10.1. The van der Waals surface area contributed by atoms with Crippen LogP contribution in [-0.2, 0) is 25.6 Å². The fraction of sp³-hybridized carbons (Fsp3) is 0.607. The molecule has 0 aliphatic heterocycles. The number of aliphatic carboxylic acids is 1. The van der Waals surface area contributed by atoms with Crippen molar-refractivity contribution in [1.82, 2.24) is 21.3 Å². The summed E-state index contributed by atoms with van der Waals surface area (Å²) in [5.74, 6) is -3.78. The molecule has 0 aromatic heterocycles. The summed E-state index contributed by atoms with van der Waals surface area (Å²) in [5, 5.41) is 39.3. The summed E-state index contributed by atoms with van der Waals surface area (Å²) in [6.45, 7) is 2.82. The van der Waals surface area contributed by atoms with Gasteiger partial charge in [0.05, 0.1) is 12.5 Å². The number of carbonyl (C=O) groups excluding carboxylic acids is 3. The molecule has 0 saturated carbocycles. The second-order valence-electron chi connectivity index (χ2n) is 10.2. The van der Waals surface area contributed by atoms with E-state index < -0.39 is 29.9 Å². The number of hydrogen-bond donors (Lipinski definition) is 10. The Labute approximate surface area is 252 Å². The van der Waals surface area contributed by atoms with Crippen LogP contribution in [0.2, 0.25) is 0 Å². The van der Waals surface area contributed by atoms with Crippen molar-refractivity contribution in [3.8, 4) is 11.5 Å². The van der Waals surface area contributed by atoms with E-state index in [0.29, 0.717) is 25.9 Å². The summed E-state index contributed by atoms with van der Waals surface area (Å²) in [6, 6.07) is 1.30. The van der Waals surface area contributed by atoms with Gasteiger partial charge in [-0.2, -0.15) is 0 Å². The van der Waals surface area contributed by atoms with Crippen LogP contribution in [0.5, 0.6) is 11.5 Å². The average Bonchev–Trinajstić information content (AvgIpc) is 2.94. The summed E-state index contributed by atoms with van der Waals surface area (Å²) in [4.78, 5) is 51.7. The lowest BCUT2D eigenvalue weighted by molar-refractivity contribution is -0.146. The number of carbonyl (C=O) groups is 4. The number of guanidine groups is 1. The number of amides is 3. The number of nitrogens with two attached hydrogens (primary N) is 3. The predicted molar refractivity (Wildman–Crippen MR) is 162 cm³/mol. The highest BCUT2D eigenvalue weighted by molar-refractivity contribution is 6.04. The first-order chi connectivity index (χ1) is 20.5. The molecule has 0 heterocycles. The molecule has 0 bridgehead atoms. The van der Waals surface area contributed by atoms with Gasteiger partial charge >= 0.3 is 5.97 Å². The van der Waals surface area contributed by atoms with Crippen LogP contribution in [0.1, 0.15) is 63.4 Å². The van der Waals surface area contributed by atoms with Gasteiger partial charge < -0.3 is 53.8 Å². The van der Waals surface area contributed by atoms with Gasteiger partial charge in [0.2, 0.25) is 17.9 Å². The normalized spacial score (nSPS) is 12.1. The standard InChI is InChI=1S/C28H48N8O7/c29-21(11-16-35-28(30)31)25(40)33-14-6-4-2-1-3-5-12-32-13-7-8-15-34-26(41)24(27(42)43)36-23(39)17-19-9-10-20(37)18-22(19)38/h9-10,18,21,24,32,37-38H,1-8,11-17,29H2,(H,33,40)(H,34,41)(H,36,39)(H,42,43)(H4,30,31,35)/t21-,24+/m0/s1. The van der Waals surface area contributed by atoms with Crippen LogP contribution in [0.3, 0.4) is 0 Å². The van der Waals surface area contributed by atoms with E-state index in [1.54, 1.807) is 0 Å². The molecule has 3 amide bonds. The molecule has 0 aliphatic carbocycles. The zero-order chi connectivity index (χ0) is 32.0. The van der Waals surface area contributed by atoms with Gasteiger partial charge in [-0.05, 0) is 51.3 Å². The Balaban J connectivity index is 2.03. The molecule has 0 saturated heterocycles. The van der Waals surface area contributed by atoms with Crippen molar-refractivity contribution in [1.29, 1.82) is 0 Å². The van der Waals surface area contributed by atoms with Gasteiger partial charge in [0.1, 0.15) is 11.5 Å². The Morgan fingerprint density at radius 3 is 1.98 bits per heavy atom. The van der Waals surface area contributed by atoms with Gasteiger partial charge in [-0.3, -0.25) is 19.4 Å². The molecule has 0 aliphatic rings. The number of aliphatic imine (C=N–C) groups is 1. The third-order valence-corrected chi connectivity index (χ3v) is 6.46. The number of nitrogens with zero attached hydrogens (tertiary/aromatic N) is 1. The molecule has 1 aromatic rings. The summed E-state index contributed by atoms with van der Waals surface area (Å²) >= 11 is 0. The number of hydrogen-bond acceptors (Lipinski definition) is 9. The third-order valence-electron chi connectivity index (χ3n) is 6.46. The minimum atomic E-state index is -1.75. The fourth-order valence-electron chi connectivity index (χ4n) is 4.03. The van der Waals surface area contributed by atoms with E-state index in [4.69, 9.17) is 17.2 Å². The number of carboxylic acid groups (broad SMARTS) is 1. The van der Waals surface area contributed by atoms with E-state index in [2.05, 4.69) is 26.3 Å². The van der Waals surface area contributed by atoms with Gasteiger partial charge in [-0.25, -0.2) is 4.79 Å². The Morgan fingerprint density at radius 2 is 1.37 bits per heavy atom. The molecule has 1 rings (SSSR count). The van der Waals surface area contributed by atoms with E-state index in [-0.39, 0.29) is 41.9 Å². The maximum Gasteiger partial charge on any atom is 0.336 e. The maximum absolute atomic E-state index is 12.3. The van der Waals surface area contributed by atoms with Crippen molar-refractivity contribution >= 4 is 29.7 Å². The van der Waals surface area contributed by atoms with Gasteiger partial charge in [-0.15, -0.1) is 0 Å². The smallest absolute Gasteiger partial charge is 0.336 e. The van der Waals surface area contributed by atoms with Gasteiger partial charge in [0.25, 0.3) is 5.91 Å². The maximum atomic E-state index is 12.3. The molecular weight excluding hydrogens is 560 g/mol. The largest absolute Gasteiger partial charge is 0.508 e. The highest BCUT2D eigenvalue weighted by Gasteiger charge is 2.28. The van der Waals surface area contributed by atoms with Gasteiger partial charge in [0, 0.05) is 31.3 Å². The molecule has 15 nitrogen and oxygen atoms in total. The number of phenols is 2. The topological polar surface area (TPSA) is 268 Å². The molecule has 13 N–H and O–H groups in total. The Bertz CT molecular complexity index is 1050. The van der Waals surface area contributed by atoms with Crippen LogP contribution in [0, 0.1) is 0 Å². The minimum Gasteiger partial charge on any atom is -0.508 e. The van der Waals surface area contributed by atoms with E-state index in [1.165, 1.54) is 12.1 Å². The van der Waals surface area contributed by atoms with E-state index in [1.807, 2.05) is 0 Å². The molecule has 0 spiro atoms. The summed E-state index contributed by atoms with van der Waals surface area (Å²) in [5.41, 5.74) is 16.5. The molecule has 242 valence electrons. The predicted octanol–water partition coefficient (Wildman–Crippen LogP) is -0.857. The molecule has 0 radical (unpaired) electrons. The number of aromatic hydroxyl groups is 2. The second kappa shape index (κ2) is 21.6. The highest BCUT2D eigenvalue weighted by atomic mass is 16.4. The zero-order valence-corrected chi connectivity index (χ0v) is 24.6. The average molecular weight is 609 g/mol. The lowest BCUT2D eigenvalue weighted by Crippen LogP contribution is -2.52. The van der Waals surface area contributed by atoms with Gasteiger partial charge in [-0.1, -0.05) is 31.7 Å². The van der Waals surface area contributed by atoms with Crippen molar-refractivity contribution in [2.24, 2.45) is 22.2 Å². The minimum absolute atomic E-state index is 0.0184. The number of nitrogens with one attached hydrogen (secondary N) is 4. The number of unbranched alkanes of at least 4 members (excludes halogenated alkanes) is 6. The summed E-state index contributed by atoms with van der Waals surface area (Å²) in [7, 11) is 0. The number of benzene rings is 1. The molecule has 43 heavy (non-hydrogen) atoms. The van der Waals surface area contributed by atoms with Crippen LogP contribution in [0.25, 0.3) is 0 Å². The molecule has 0 fully saturated rings. The van der Waals surface area contributed by atoms with Crippen LogP contribution in [0.15, 0.2) is 23.2 Å². The first-order valence-corrected chi connectivity index (χ1v) is 14.6. The van der Waals surface area contributed by atoms with Crippen molar-refractivity contribution in [3.63, 3.8) is 0 Å². The molecule has 1 aromatic carbocycles. The SMILES string of the molecule is NC(N)=NCC[C@H](N)C(=O)NCCCCCCCCNCCCCNC(=O)[C@@H](NC(=O)Cc1ccc(O)cc1O)C(=O)O. The number of phenolic OH excluding ortho intramolecular Hbond substituents is 2. The number of carboxylic acids is 1. The third kappa shape index (κ3) is 17.4. The van der Waals surface area contributed by atoms with Crippen LogP contribution in [0.4, 0.5) is 0 Å². The Kier molecular flexibility index (Phi) is 18.5.